The molecular weight excluding hydrogens is 234 g/mol. The average molecular weight is 255 g/mol. The van der Waals surface area contributed by atoms with Gasteiger partial charge in [0.2, 0.25) is 0 Å². The van der Waals surface area contributed by atoms with Gasteiger partial charge in [0.15, 0.2) is 0 Å². The van der Waals surface area contributed by atoms with Gasteiger partial charge in [-0.15, -0.1) is 0 Å². The zero-order chi connectivity index (χ0) is 13.6. The molecule has 0 aromatic carbocycles. The summed E-state index contributed by atoms with van der Waals surface area (Å²) in [6.45, 7) is 7.45. The van der Waals surface area contributed by atoms with Crippen LogP contribution in [0.3, 0.4) is 0 Å². The van der Waals surface area contributed by atoms with Crippen LogP contribution < -0.4 is 5.43 Å². The Balaban J connectivity index is 2.38. The first-order chi connectivity index (χ1) is 8.40. The van der Waals surface area contributed by atoms with Crippen molar-refractivity contribution in [1.82, 2.24) is 10.4 Å². The van der Waals surface area contributed by atoms with Gasteiger partial charge in [0.05, 0.1) is 0 Å². The highest BCUT2D eigenvalue weighted by Gasteiger charge is 2.23. The van der Waals surface area contributed by atoms with Crippen LogP contribution in [-0.2, 0) is 4.74 Å². The summed E-state index contributed by atoms with van der Waals surface area (Å²) in [7, 11) is 0. The van der Waals surface area contributed by atoms with E-state index in [0.717, 1.165) is 19.4 Å². The second-order valence-corrected chi connectivity index (χ2v) is 5.48. The van der Waals surface area contributed by atoms with E-state index in [-0.39, 0.29) is 0 Å². The smallest absolute Gasteiger partial charge is 0.422 e. The quantitative estimate of drug-likeness (QED) is 0.477. The lowest BCUT2D eigenvalue weighted by Crippen LogP contribution is -2.49. The Bertz CT molecular complexity index is 333. The number of hydrazine groups is 1. The Labute approximate surface area is 107 Å². The van der Waals surface area contributed by atoms with Gasteiger partial charge in [-0.05, 0) is 45.1 Å². The topological polar surface area (TPSA) is 90.3 Å². The van der Waals surface area contributed by atoms with Gasteiger partial charge >= 0.3 is 6.09 Å². The number of ether oxygens (including phenoxy) is 1. The highest BCUT2D eigenvalue weighted by Crippen LogP contribution is 2.15. The van der Waals surface area contributed by atoms with Crippen LogP contribution in [0.2, 0.25) is 0 Å². The molecule has 1 saturated heterocycles. The molecule has 1 amide bonds. The van der Waals surface area contributed by atoms with Crippen LogP contribution >= 0.6 is 0 Å². The summed E-state index contributed by atoms with van der Waals surface area (Å²) in [6, 6.07) is 0. The van der Waals surface area contributed by atoms with Crippen molar-refractivity contribution in [2.24, 2.45) is 11.0 Å². The number of carbonyl (C=O) groups is 1. The van der Waals surface area contributed by atoms with Gasteiger partial charge in [0, 0.05) is 24.5 Å². The Morgan fingerprint density at radius 3 is 2.94 bits per heavy atom. The molecular formula is C11H21N5O2. The molecule has 7 nitrogen and oxygen atoms in total. The molecule has 1 rings (SSSR count). The molecule has 1 atom stereocenters. The monoisotopic (exact) mass is 255 g/mol. The van der Waals surface area contributed by atoms with E-state index in [0.29, 0.717) is 19.0 Å². The maximum Gasteiger partial charge on any atom is 0.422 e. The van der Waals surface area contributed by atoms with E-state index in [2.05, 4.69) is 15.5 Å². The summed E-state index contributed by atoms with van der Waals surface area (Å²) in [6.07, 6.45) is 1.55. The first-order valence-corrected chi connectivity index (χ1v) is 6.16. The number of amides is 1. The van der Waals surface area contributed by atoms with Gasteiger partial charge in [-0.1, -0.05) is 5.11 Å². The summed E-state index contributed by atoms with van der Waals surface area (Å²) in [5.41, 5.74) is 10.5. The highest BCUT2D eigenvalue weighted by molar-refractivity contribution is 5.67. The predicted octanol–water partition coefficient (Wildman–Crippen LogP) is 2.45. The number of carbonyl (C=O) groups excluding carboxylic acids is 1. The fourth-order valence-electron chi connectivity index (χ4n) is 1.90. The van der Waals surface area contributed by atoms with E-state index in [9.17, 15) is 4.79 Å². The summed E-state index contributed by atoms with van der Waals surface area (Å²) in [4.78, 5) is 14.3. The van der Waals surface area contributed by atoms with E-state index < -0.39 is 11.7 Å². The van der Waals surface area contributed by atoms with Crippen LogP contribution in [0.15, 0.2) is 5.11 Å². The van der Waals surface area contributed by atoms with E-state index >= 15 is 0 Å². The van der Waals surface area contributed by atoms with Crippen LogP contribution in [0.25, 0.3) is 10.4 Å². The first-order valence-electron chi connectivity index (χ1n) is 6.16. The fourth-order valence-corrected chi connectivity index (χ4v) is 1.90. The Morgan fingerprint density at radius 1 is 1.61 bits per heavy atom. The maximum atomic E-state index is 11.6. The summed E-state index contributed by atoms with van der Waals surface area (Å²) >= 11 is 0. The van der Waals surface area contributed by atoms with Crippen molar-refractivity contribution < 1.29 is 9.53 Å². The Morgan fingerprint density at radius 2 is 2.33 bits per heavy atom. The molecule has 0 bridgehead atoms. The molecule has 1 N–H and O–H groups in total. The lowest BCUT2D eigenvalue weighted by atomic mass is 10.00. The molecule has 1 fully saturated rings. The zero-order valence-corrected chi connectivity index (χ0v) is 11.2. The van der Waals surface area contributed by atoms with Crippen LogP contribution in [0, 0.1) is 5.92 Å². The molecule has 1 aliphatic heterocycles. The third-order valence-electron chi connectivity index (χ3n) is 2.57. The minimum atomic E-state index is -0.496. The first kappa shape index (κ1) is 14.6. The fraction of sp³-hybridized carbons (Fsp3) is 0.909. The van der Waals surface area contributed by atoms with Crippen molar-refractivity contribution in [3.8, 4) is 0 Å². The van der Waals surface area contributed by atoms with E-state index in [1.54, 1.807) is 0 Å². The standard InChI is InChI=1S/C11H21N5O2/c1-11(2,3)18-10(17)14-16-6-4-5-9(8-16)7-13-15-12/h9H,4-8H2,1-3H3,(H,14,17)/t9-/m0/s1. The number of rotatable bonds is 3. The molecule has 1 aliphatic rings. The van der Waals surface area contributed by atoms with E-state index in [4.69, 9.17) is 10.3 Å². The molecule has 0 aliphatic carbocycles. The lowest BCUT2D eigenvalue weighted by molar-refractivity contribution is 0.0252. The third-order valence-corrected chi connectivity index (χ3v) is 2.57. The summed E-state index contributed by atoms with van der Waals surface area (Å²) < 4.78 is 5.18. The summed E-state index contributed by atoms with van der Waals surface area (Å²) in [5.74, 6) is 0.296. The molecule has 18 heavy (non-hydrogen) atoms. The van der Waals surface area contributed by atoms with Gasteiger partial charge < -0.3 is 4.74 Å². The summed E-state index contributed by atoms with van der Waals surface area (Å²) in [5, 5.41) is 5.41. The molecule has 0 saturated carbocycles. The largest absolute Gasteiger partial charge is 0.443 e. The minimum absolute atomic E-state index is 0.296. The van der Waals surface area contributed by atoms with Crippen molar-refractivity contribution in [2.75, 3.05) is 19.6 Å². The normalized spacial score (nSPS) is 20.9. The van der Waals surface area contributed by atoms with Crippen molar-refractivity contribution in [2.45, 2.75) is 39.2 Å². The zero-order valence-electron chi connectivity index (χ0n) is 11.2. The van der Waals surface area contributed by atoms with Gasteiger partial charge in [0.1, 0.15) is 5.60 Å². The van der Waals surface area contributed by atoms with Crippen molar-refractivity contribution in [3.05, 3.63) is 10.4 Å². The molecule has 0 spiro atoms. The van der Waals surface area contributed by atoms with E-state index in [1.807, 2.05) is 25.8 Å². The molecule has 0 aromatic heterocycles. The van der Waals surface area contributed by atoms with Gasteiger partial charge in [0.25, 0.3) is 0 Å². The Kier molecular flexibility index (Phi) is 5.25. The molecule has 1 heterocycles. The van der Waals surface area contributed by atoms with E-state index in [1.165, 1.54) is 0 Å². The number of hydrogen-bond donors (Lipinski definition) is 1. The molecule has 0 unspecified atom stereocenters. The SMILES string of the molecule is CC(C)(C)OC(=O)NN1CCC[C@@H](CN=[N+]=[N-])C1. The highest BCUT2D eigenvalue weighted by atomic mass is 16.6. The third kappa shape index (κ3) is 5.75. The lowest BCUT2D eigenvalue weighted by Gasteiger charge is -2.32. The minimum Gasteiger partial charge on any atom is -0.443 e. The second kappa shape index (κ2) is 6.47. The predicted molar refractivity (Wildman–Crippen MR) is 67.7 cm³/mol. The number of piperidine rings is 1. The van der Waals surface area contributed by atoms with Crippen LogP contribution in [0.1, 0.15) is 33.6 Å². The van der Waals surface area contributed by atoms with Crippen molar-refractivity contribution >= 4 is 6.09 Å². The van der Waals surface area contributed by atoms with Gasteiger partial charge in [-0.25, -0.2) is 9.80 Å². The second-order valence-electron chi connectivity index (χ2n) is 5.48. The van der Waals surface area contributed by atoms with Crippen LogP contribution in [-0.4, -0.2) is 36.3 Å². The van der Waals surface area contributed by atoms with Crippen molar-refractivity contribution in [3.63, 3.8) is 0 Å². The molecule has 0 aromatic rings. The van der Waals surface area contributed by atoms with Crippen LogP contribution in [0.5, 0.6) is 0 Å². The van der Waals surface area contributed by atoms with Crippen LogP contribution in [0.4, 0.5) is 4.79 Å². The van der Waals surface area contributed by atoms with Gasteiger partial charge in [-0.3, -0.25) is 5.43 Å². The molecule has 0 radical (unpaired) electrons. The number of nitrogens with one attached hydrogen (secondary N) is 1. The van der Waals surface area contributed by atoms with Crippen molar-refractivity contribution in [1.29, 1.82) is 0 Å². The van der Waals surface area contributed by atoms with Gasteiger partial charge in [-0.2, -0.15) is 0 Å². The number of nitrogens with zero attached hydrogens (tertiary/aromatic N) is 4. The molecule has 7 heteroatoms. The molecule has 102 valence electrons. The Hall–Kier alpha value is -1.46. The average Bonchev–Trinajstić information content (AvgIpc) is 2.24. The number of hydrogen-bond acceptors (Lipinski definition) is 4. The maximum absolute atomic E-state index is 11.6. The number of azide groups is 1.